The van der Waals surface area contributed by atoms with Crippen LogP contribution in [0, 0.1) is 12.8 Å². The van der Waals surface area contributed by atoms with E-state index in [2.05, 4.69) is 30.7 Å². The monoisotopic (exact) mass is 276 g/mol. The number of benzene rings is 1. The highest BCUT2D eigenvalue weighted by atomic mass is 32.1. The van der Waals surface area contributed by atoms with Crippen LogP contribution in [-0.2, 0) is 6.54 Å². The number of thiazole rings is 1. The molecule has 0 spiro atoms. The Labute approximate surface area is 118 Å². The highest BCUT2D eigenvalue weighted by Gasteiger charge is 2.04. The molecule has 1 aromatic carbocycles. The Morgan fingerprint density at radius 3 is 2.84 bits per heavy atom. The Morgan fingerprint density at radius 1 is 1.37 bits per heavy atom. The maximum Gasteiger partial charge on any atom is 0.190 e. The predicted molar refractivity (Wildman–Crippen MR) is 80.1 cm³/mol. The summed E-state index contributed by atoms with van der Waals surface area (Å²) in [5.74, 6) is 1.45. The quantitative estimate of drug-likeness (QED) is 0.835. The molecule has 1 heterocycles. The van der Waals surface area contributed by atoms with Crippen LogP contribution in [0.25, 0.3) is 0 Å². The molecule has 0 saturated carbocycles. The fraction of sp³-hybridized carbons (Fsp3) is 0.400. The van der Waals surface area contributed by atoms with Crippen LogP contribution >= 0.6 is 11.3 Å². The van der Waals surface area contributed by atoms with E-state index in [0.29, 0.717) is 5.92 Å². The van der Waals surface area contributed by atoms with E-state index in [1.165, 1.54) is 5.69 Å². The predicted octanol–water partition coefficient (Wildman–Crippen LogP) is 3.76. The molecule has 2 aromatic rings. The minimum absolute atomic E-state index is 0.609. The molecule has 0 aliphatic carbocycles. The number of methoxy groups -OCH3 is 1. The van der Waals surface area contributed by atoms with E-state index in [1.807, 2.05) is 24.3 Å². The molecular weight excluding hydrogens is 256 g/mol. The van der Waals surface area contributed by atoms with E-state index in [0.717, 1.165) is 22.8 Å². The molecule has 0 N–H and O–H groups in total. The van der Waals surface area contributed by atoms with Crippen molar-refractivity contribution in [2.75, 3.05) is 7.11 Å². The second-order valence-electron chi connectivity index (χ2n) is 4.98. The lowest BCUT2D eigenvalue weighted by Crippen LogP contribution is -2.18. The first-order valence-electron chi connectivity index (χ1n) is 6.44. The van der Waals surface area contributed by atoms with Gasteiger partial charge in [0.05, 0.1) is 12.8 Å². The molecular formula is C15H20N2OS. The Balaban J connectivity index is 2.42. The van der Waals surface area contributed by atoms with Crippen LogP contribution in [0.15, 0.2) is 34.6 Å². The first-order chi connectivity index (χ1) is 9.10. The Bertz CT molecular complexity index is 611. The Hall–Kier alpha value is -1.55. The standard InChI is InChI=1S/C15H20N2OS/c1-11(2)9-17-12(3)10-19-15(17)16-13-6-5-7-14(8-13)18-4/h5-8,10-11H,9H2,1-4H3. The average Bonchev–Trinajstić information content (AvgIpc) is 2.71. The van der Waals surface area contributed by atoms with Crippen LogP contribution < -0.4 is 9.54 Å². The Morgan fingerprint density at radius 2 is 2.16 bits per heavy atom. The first kappa shape index (κ1) is 13.9. The molecule has 0 fully saturated rings. The molecule has 0 radical (unpaired) electrons. The van der Waals surface area contributed by atoms with Gasteiger partial charge in [0.2, 0.25) is 0 Å². The van der Waals surface area contributed by atoms with E-state index in [9.17, 15) is 0 Å². The summed E-state index contributed by atoms with van der Waals surface area (Å²) in [4.78, 5) is 5.77. The summed E-state index contributed by atoms with van der Waals surface area (Å²) >= 11 is 1.68. The molecule has 1 aromatic heterocycles. The minimum Gasteiger partial charge on any atom is -0.497 e. The maximum atomic E-state index is 5.23. The molecule has 0 unspecified atom stereocenters. The molecule has 0 saturated heterocycles. The van der Waals surface area contributed by atoms with Crippen LogP contribution in [0.4, 0.5) is 5.69 Å². The zero-order chi connectivity index (χ0) is 13.8. The second-order valence-corrected chi connectivity index (χ2v) is 5.81. The number of aromatic nitrogens is 1. The SMILES string of the molecule is COc1cccc(N=c2scc(C)n2CC(C)C)c1. The van der Waals surface area contributed by atoms with E-state index < -0.39 is 0 Å². The molecule has 3 nitrogen and oxygen atoms in total. The number of hydrogen-bond acceptors (Lipinski definition) is 3. The fourth-order valence-corrected chi connectivity index (χ4v) is 2.79. The lowest BCUT2D eigenvalue weighted by Gasteiger charge is -2.08. The number of ether oxygens (including phenoxy) is 1. The van der Waals surface area contributed by atoms with Crippen molar-refractivity contribution in [3.05, 3.63) is 40.1 Å². The van der Waals surface area contributed by atoms with Crippen molar-refractivity contribution in [2.24, 2.45) is 10.9 Å². The van der Waals surface area contributed by atoms with Crippen molar-refractivity contribution in [1.82, 2.24) is 4.57 Å². The van der Waals surface area contributed by atoms with Gasteiger partial charge in [-0.05, 0) is 25.0 Å². The van der Waals surface area contributed by atoms with E-state index in [4.69, 9.17) is 9.73 Å². The van der Waals surface area contributed by atoms with Gasteiger partial charge in [-0.2, -0.15) is 0 Å². The van der Waals surface area contributed by atoms with Crippen LogP contribution in [0.2, 0.25) is 0 Å². The third-order valence-electron chi connectivity index (χ3n) is 2.82. The molecule has 4 heteroatoms. The van der Waals surface area contributed by atoms with Gasteiger partial charge in [0, 0.05) is 23.7 Å². The molecule has 0 atom stereocenters. The second kappa shape index (κ2) is 6.06. The molecule has 0 amide bonds. The van der Waals surface area contributed by atoms with Gasteiger partial charge in [0.15, 0.2) is 4.80 Å². The van der Waals surface area contributed by atoms with Crippen LogP contribution in [-0.4, -0.2) is 11.7 Å². The maximum absolute atomic E-state index is 5.23. The Kier molecular flexibility index (Phi) is 4.43. The summed E-state index contributed by atoms with van der Waals surface area (Å²) in [6.07, 6.45) is 0. The van der Waals surface area contributed by atoms with Gasteiger partial charge in [0.25, 0.3) is 0 Å². The summed E-state index contributed by atoms with van der Waals surface area (Å²) in [6, 6.07) is 7.85. The number of aryl methyl sites for hydroxylation is 1. The minimum atomic E-state index is 0.609. The van der Waals surface area contributed by atoms with Gasteiger partial charge in [-0.25, -0.2) is 4.99 Å². The van der Waals surface area contributed by atoms with Gasteiger partial charge in [0.1, 0.15) is 5.75 Å². The zero-order valence-electron chi connectivity index (χ0n) is 11.9. The van der Waals surface area contributed by atoms with Gasteiger partial charge < -0.3 is 9.30 Å². The van der Waals surface area contributed by atoms with Crippen LogP contribution in [0.1, 0.15) is 19.5 Å². The van der Waals surface area contributed by atoms with Crippen molar-refractivity contribution in [1.29, 1.82) is 0 Å². The van der Waals surface area contributed by atoms with Gasteiger partial charge in [-0.3, -0.25) is 0 Å². The number of hydrogen-bond donors (Lipinski definition) is 0. The number of nitrogens with zero attached hydrogens (tertiary/aromatic N) is 2. The zero-order valence-corrected chi connectivity index (χ0v) is 12.7. The molecule has 102 valence electrons. The largest absolute Gasteiger partial charge is 0.497 e. The third-order valence-corrected chi connectivity index (χ3v) is 3.80. The normalized spacial score (nSPS) is 12.2. The molecule has 0 aliphatic rings. The van der Waals surface area contributed by atoms with Gasteiger partial charge in [-0.15, -0.1) is 11.3 Å². The molecule has 2 rings (SSSR count). The summed E-state index contributed by atoms with van der Waals surface area (Å²) < 4.78 is 7.50. The van der Waals surface area contributed by atoms with Crippen molar-refractivity contribution in [3.63, 3.8) is 0 Å². The topological polar surface area (TPSA) is 26.5 Å². The van der Waals surface area contributed by atoms with Crippen molar-refractivity contribution in [3.8, 4) is 5.75 Å². The molecule has 19 heavy (non-hydrogen) atoms. The smallest absolute Gasteiger partial charge is 0.190 e. The lowest BCUT2D eigenvalue weighted by molar-refractivity contribution is 0.415. The first-order valence-corrected chi connectivity index (χ1v) is 7.32. The van der Waals surface area contributed by atoms with Crippen molar-refractivity contribution >= 4 is 17.0 Å². The summed E-state index contributed by atoms with van der Waals surface area (Å²) in [7, 11) is 1.67. The number of rotatable bonds is 4. The summed E-state index contributed by atoms with van der Waals surface area (Å²) in [5, 5.41) is 2.15. The highest BCUT2D eigenvalue weighted by Crippen LogP contribution is 2.19. The fourth-order valence-electron chi connectivity index (χ4n) is 1.88. The summed E-state index contributed by atoms with van der Waals surface area (Å²) in [5.41, 5.74) is 2.19. The van der Waals surface area contributed by atoms with E-state index >= 15 is 0 Å². The van der Waals surface area contributed by atoms with E-state index in [1.54, 1.807) is 18.4 Å². The summed E-state index contributed by atoms with van der Waals surface area (Å²) in [6.45, 7) is 7.57. The van der Waals surface area contributed by atoms with E-state index in [-0.39, 0.29) is 0 Å². The average molecular weight is 276 g/mol. The highest BCUT2D eigenvalue weighted by molar-refractivity contribution is 7.07. The van der Waals surface area contributed by atoms with Gasteiger partial charge >= 0.3 is 0 Å². The van der Waals surface area contributed by atoms with Gasteiger partial charge in [-0.1, -0.05) is 19.9 Å². The van der Waals surface area contributed by atoms with Crippen LogP contribution in [0.3, 0.4) is 0 Å². The lowest BCUT2D eigenvalue weighted by atomic mass is 10.2. The van der Waals surface area contributed by atoms with Crippen molar-refractivity contribution < 1.29 is 4.74 Å². The van der Waals surface area contributed by atoms with Crippen LogP contribution in [0.5, 0.6) is 5.75 Å². The molecule has 0 aliphatic heterocycles. The third kappa shape index (κ3) is 3.47. The van der Waals surface area contributed by atoms with Crippen molar-refractivity contribution in [2.45, 2.75) is 27.3 Å². The molecule has 0 bridgehead atoms.